The van der Waals surface area contributed by atoms with Gasteiger partial charge in [-0.05, 0) is 55.0 Å². The highest BCUT2D eigenvalue weighted by Gasteiger charge is 2.16. The molecule has 0 aliphatic rings. The largest absolute Gasteiger partial charge is 0.324 e. The van der Waals surface area contributed by atoms with Gasteiger partial charge in [-0.1, -0.05) is 84.2 Å². The summed E-state index contributed by atoms with van der Waals surface area (Å²) < 4.78 is 1.61. The molecule has 5 nitrogen and oxygen atoms in total. The Kier molecular flexibility index (Phi) is 7.21. The first-order valence-electron chi connectivity index (χ1n) is 11.4. The number of nitrogens with one attached hydrogen (secondary N) is 1. The third-order valence-corrected chi connectivity index (χ3v) is 7.59. The zero-order valence-electron chi connectivity index (χ0n) is 19.5. The van der Waals surface area contributed by atoms with Gasteiger partial charge in [0.05, 0.1) is 28.0 Å². The molecule has 0 fully saturated rings. The number of rotatable bonds is 7. The highest BCUT2D eigenvalue weighted by molar-refractivity contribution is 8.00. The number of benzene rings is 4. The molecule has 1 amide bonds. The van der Waals surface area contributed by atoms with Gasteiger partial charge in [-0.25, -0.2) is 4.98 Å². The molecule has 36 heavy (non-hydrogen) atoms. The van der Waals surface area contributed by atoms with E-state index in [1.807, 2.05) is 104 Å². The number of amides is 1. The van der Waals surface area contributed by atoms with Crippen LogP contribution in [0.1, 0.15) is 5.56 Å². The zero-order valence-corrected chi connectivity index (χ0v) is 21.2. The molecule has 0 bridgehead atoms. The van der Waals surface area contributed by atoms with Crippen molar-refractivity contribution in [3.05, 3.63) is 119 Å². The SMILES string of the molecule is Cc1ccccc1-n1c(SCC(=O)Nc2ccccc2Sc2ccccc2)nc2ccccc2c1=O. The minimum atomic E-state index is -0.167. The van der Waals surface area contributed by atoms with E-state index >= 15 is 0 Å². The molecule has 178 valence electrons. The van der Waals surface area contributed by atoms with E-state index in [1.165, 1.54) is 11.8 Å². The lowest BCUT2D eigenvalue weighted by atomic mass is 10.2. The number of aryl methyl sites for hydroxylation is 1. The fourth-order valence-electron chi connectivity index (χ4n) is 3.83. The molecular formula is C29H23N3O2S2. The number of fused-ring (bicyclic) bond motifs is 1. The Labute approximate surface area is 217 Å². The summed E-state index contributed by atoms with van der Waals surface area (Å²) in [5, 5.41) is 4.05. The van der Waals surface area contributed by atoms with Crippen molar-refractivity contribution in [2.75, 3.05) is 11.1 Å². The molecule has 0 spiro atoms. The van der Waals surface area contributed by atoms with Gasteiger partial charge in [-0.15, -0.1) is 0 Å². The Bertz CT molecular complexity index is 1600. The van der Waals surface area contributed by atoms with Crippen LogP contribution in [-0.2, 0) is 4.79 Å². The van der Waals surface area contributed by atoms with Crippen molar-refractivity contribution in [3.8, 4) is 5.69 Å². The summed E-state index contributed by atoms with van der Waals surface area (Å²) in [5.74, 6) is -0.0547. The molecule has 7 heteroatoms. The van der Waals surface area contributed by atoms with Crippen molar-refractivity contribution in [1.82, 2.24) is 9.55 Å². The first-order chi connectivity index (χ1) is 17.6. The summed E-state index contributed by atoms with van der Waals surface area (Å²) in [7, 11) is 0. The van der Waals surface area contributed by atoms with Crippen molar-refractivity contribution < 1.29 is 4.79 Å². The van der Waals surface area contributed by atoms with Crippen LogP contribution in [-0.4, -0.2) is 21.2 Å². The van der Waals surface area contributed by atoms with Gasteiger partial charge in [0.2, 0.25) is 5.91 Å². The number of para-hydroxylation sites is 3. The number of hydrogen-bond acceptors (Lipinski definition) is 5. The van der Waals surface area contributed by atoms with Crippen LogP contribution in [0.15, 0.2) is 123 Å². The minimum absolute atomic E-state index is 0.112. The van der Waals surface area contributed by atoms with Crippen LogP contribution in [0.3, 0.4) is 0 Å². The van der Waals surface area contributed by atoms with E-state index in [9.17, 15) is 9.59 Å². The number of nitrogens with zero attached hydrogens (tertiary/aromatic N) is 2. The molecule has 0 aliphatic heterocycles. The second-order valence-electron chi connectivity index (χ2n) is 8.09. The average Bonchev–Trinajstić information content (AvgIpc) is 2.90. The summed E-state index contributed by atoms with van der Waals surface area (Å²) in [6.07, 6.45) is 0. The van der Waals surface area contributed by atoms with Crippen LogP contribution in [0.4, 0.5) is 5.69 Å². The summed E-state index contributed by atoms with van der Waals surface area (Å²) in [6.45, 7) is 1.96. The smallest absolute Gasteiger partial charge is 0.266 e. The first-order valence-corrected chi connectivity index (χ1v) is 13.2. The standard InChI is InChI=1S/C29H23N3O2S2/c1-20-11-5-9-17-25(20)32-28(34)22-14-6-7-15-23(22)31-29(32)35-19-27(33)30-24-16-8-10-18-26(24)36-21-12-3-2-4-13-21/h2-18H,19H2,1H3,(H,30,33). The van der Waals surface area contributed by atoms with Crippen LogP contribution in [0, 0.1) is 6.92 Å². The molecule has 0 radical (unpaired) electrons. The molecule has 4 aromatic carbocycles. The van der Waals surface area contributed by atoms with E-state index in [1.54, 1.807) is 22.4 Å². The number of aromatic nitrogens is 2. The zero-order chi connectivity index (χ0) is 24.9. The van der Waals surface area contributed by atoms with Crippen molar-refractivity contribution in [3.63, 3.8) is 0 Å². The molecule has 1 aromatic heterocycles. The maximum atomic E-state index is 13.5. The van der Waals surface area contributed by atoms with E-state index in [-0.39, 0.29) is 17.2 Å². The number of carbonyl (C=O) groups excluding carboxylic acids is 1. The lowest BCUT2D eigenvalue weighted by Crippen LogP contribution is -2.23. The predicted molar refractivity (Wildman–Crippen MR) is 148 cm³/mol. The van der Waals surface area contributed by atoms with Crippen molar-refractivity contribution >= 4 is 46.0 Å². The van der Waals surface area contributed by atoms with Gasteiger partial charge in [0, 0.05) is 9.79 Å². The number of thioether (sulfide) groups is 1. The van der Waals surface area contributed by atoms with Crippen molar-refractivity contribution in [2.45, 2.75) is 21.9 Å². The second-order valence-corrected chi connectivity index (χ2v) is 10.1. The van der Waals surface area contributed by atoms with Gasteiger partial charge in [0.1, 0.15) is 0 Å². The molecule has 0 saturated carbocycles. The Hall–Kier alpha value is -3.81. The van der Waals surface area contributed by atoms with Crippen LogP contribution in [0.25, 0.3) is 16.6 Å². The van der Waals surface area contributed by atoms with Gasteiger partial charge in [0.15, 0.2) is 5.16 Å². The molecule has 0 unspecified atom stereocenters. The third kappa shape index (κ3) is 5.22. The number of carbonyl (C=O) groups is 1. The van der Waals surface area contributed by atoms with Crippen LogP contribution < -0.4 is 10.9 Å². The van der Waals surface area contributed by atoms with Crippen LogP contribution in [0.5, 0.6) is 0 Å². The molecule has 5 rings (SSSR count). The molecular weight excluding hydrogens is 486 g/mol. The maximum Gasteiger partial charge on any atom is 0.266 e. The Morgan fingerprint density at radius 2 is 1.56 bits per heavy atom. The average molecular weight is 510 g/mol. The lowest BCUT2D eigenvalue weighted by molar-refractivity contribution is -0.113. The molecule has 0 saturated heterocycles. The summed E-state index contributed by atoms with van der Waals surface area (Å²) >= 11 is 2.85. The highest BCUT2D eigenvalue weighted by Crippen LogP contribution is 2.33. The van der Waals surface area contributed by atoms with Crippen molar-refractivity contribution in [2.24, 2.45) is 0 Å². The quantitative estimate of drug-likeness (QED) is 0.198. The fraction of sp³-hybridized carbons (Fsp3) is 0.0690. The Morgan fingerprint density at radius 3 is 2.39 bits per heavy atom. The van der Waals surface area contributed by atoms with Gasteiger partial charge < -0.3 is 5.32 Å². The van der Waals surface area contributed by atoms with Gasteiger partial charge in [0.25, 0.3) is 5.56 Å². The molecule has 1 heterocycles. The maximum absolute atomic E-state index is 13.5. The molecule has 0 aliphatic carbocycles. The van der Waals surface area contributed by atoms with Crippen molar-refractivity contribution in [1.29, 1.82) is 0 Å². The summed E-state index contributed by atoms with van der Waals surface area (Å²) in [5.41, 5.74) is 2.92. The van der Waals surface area contributed by atoms with Gasteiger partial charge >= 0.3 is 0 Å². The van der Waals surface area contributed by atoms with E-state index in [4.69, 9.17) is 4.98 Å². The number of anilines is 1. The monoisotopic (exact) mass is 509 g/mol. The Balaban J connectivity index is 1.41. The predicted octanol–water partition coefficient (Wildman–Crippen LogP) is 6.58. The van der Waals surface area contributed by atoms with Gasteiger partial charge in [-0.3, -0.25) is 14.2 Å². The fourth-order valence-corrected chi connectivity index (χ4v) is 5.56. The molecule has 0 atom stereocenters. The topological polar surface area (TPSA) is 64.0 Å². The third-order valence-electron chi connectivity index (χ3n) is 5.57. The number of hydrogen-bond donors (Lipinski definition) is 1. The van der Waals surface area contributed by atoms with Crippen LogP contribution in [0.2, 0.25) is 0 Å². The second kappa shape index (κ2) is 10.8. The van der Waals surface area contributed by atoms with E-state index in [2.05, 4.69) is 5.32 Å². The lowest BCUT2D eigenvalue weighted by Gasteiger charge is -2.15. The van der Waals surface area contributed by atoms with Gasteiger partial charge in [-0.2, -0.15) is 0 Å². The highest BCUT2D eigenvalue weighted by atomic mass is 32.2. The van der Waals surface area contributed by atoms with E-state index in [0.29, 0.717) is 16.1 Å². The minimum Gasteiger partial charge on any atom is -0.324 e. The summed E-state index contributed by atoms with van der Waals surface area (Å²) in [6, 6.07) is 32.7. The molecule has 1 N–H and O–H groups in total. The first kappa shape index (κ1) is 23.9. The molecule has 5 aromatic rings. The van der Waals surface area contributed by atoms with E-state index < -0.39 is 0 Å². The normalized spacial score (nSPS) is 10.9. The van der Waals surface area contributed by atoms with E-state index in [0.717, 1.165) is 26.7 Å². The van der Waals surface area contributed by atoms with Crippen LogP contribution >= 0.6 is 23.5 Å². The summed E-state index contributed by atoms with van der Waals surface area (Å²) in [4.78, 5) is 33.3. The Morgan fingerprint density at radius 1 is 0.861 bits per heavy atom.